The van der Waals surface area contributed by atoms with Gasteiger partial charge in [-0.15, -0.1) is 0 Å². The van der Waals surface area contributed by atoms with Gasteiger partial charge >= 0.3 is 0 Å². The summed E-state index contributed by atoms with van der Waals surface area (Å²) in [6.07, 6.45) is 1.81. The molecule has 1 rings (SSSR count). The first kappa shape index (κ1) is 20.3. The van der Waals surface area contributed by atoms with Crippen molar-refractivity contribution in [2.75, 3.05) is 13.6 Å². The van der Waals surface area contributed by atoms with Crippen LogP contribution in [0.15, 0.2) is 0 Å². The number of carbonyl (C=O) groups excluding carboxylic acids is 4. The van der Waals surface area contributed by atoms with Crippen molar-refractivity contribution in [2.24, 2.45) is 11.8 Å². The zero-order chi connectivity index (χ0) is 18.6. The average Bonchev–Trinajstić information content (AvgIpc) is 2.98. The molecule has 0 spiro atoms. The number of likely N-dealkylation sites (N-methyl/N-ethyl adjacent to an activating group) is 1. The summed E-state index contributed by atoms with van der Waals surface area (Å²) in [5.41, 5.74) is 0. The van der Waals surface area contributed by atoms with Crippen LogP contribution in [0.3, 0.4) is 0 Å². The molecule has 0 unspecified atom stereocenters. The van der Waals surface area contributed by atoms with E-state index in [0.29, 0.717) is 25.8 Å². The number of ketones is 2. The second-order valence-corrected chi connectivity index (χ2v) is 7.36. The van der Waals surface area contributed by atoms with E-state index in [9.17, 15) is 19.2 Å². The van der Waals surface area contributed by atoms with Crippen molar-refractivity contribution >= 4 is 23.4 Å². The Bertz CT molecular complexity index is 513. The highest BCUT2D eigenvalue weighted by molar-refractivity contribution is 6.35. The second-order valence-electron chi connectivity index (χ2n) is 7.36. The fraction of sp³-hybridized carbons (Fsp3) is 0.778. The van der Waals surface area contributed by atoms with E-state index >= 15 is 0 Å². The minimum atomic E-state index is -0.638. The molecule has 0 aromatic heterocycles. The van der Waals surface area contributed by atoms with Crippen LogP contribution in [0.5, 0.6) is 0 Å². The monoisotopic (exact) mass is 338 g/mol. The summed E-state index contributed by atoms with van der Waals surface area (Å²) in [5.74, 6) is -1.29. The van der Waals surface area contributed by atoms with Crippen LogP contribution in [0.4, 0.5) is 0 Å². The van der Waals surface area contributed by atoms with E-state index in [1.54, 1.807) is 7.05 Å². The van der Waals surface area contributed by atoms with E-state index in [1.807, 2.05) is 27.7 Å². The van der Waals surface area contributed by atoms with Crippen molar-refractivity contribution in [3.8, 4) is 0 Å². The van der Waals surface area contributed by atoms with Crippen LogP contribution in [0.2, 0.25) is 0 Å². The summed E-state index contributed by atoms with van der Waals surface area (Å²) >= 11 is 0. The molecule has 1 heterocycles. The van der Waals surface area contributed by atoms with E-state index in [0.717, 1.165) is 0 Å². The number of likely N-dealkylation sites (tertiary alicyclic amines) is 1. The highest BCUT2D eigenvalue weighted by Gasteiger charge is 2.40. The summed E-state index contributed by atoms with van der Waals surface area (Å²) in [6, 6.07) is -1.13. The summed E-state index contributed by atoms with van der Waals surface area (Å²) in [7, 11) is 1.63. The molecule has 0 aromatic carbocycles. The van der Waals surface area contributed by atoms with Crippen LogP contribution < -0.4 is 0 Å². The first-order valence-corrected chi connectivity index (χ1v) is 8.69. The van der Waals surface area contributed by atoms with Crippen molar-refractivity contribution in [1.82, 2.24) is 9.80 Å². The number of carbonyl (C=O) groups is 4. The normalized spacial score (nSPS) is 18.8. The summed E-state index contributed by atoms with van der Waals surface area (Å²) in [4.78, 5) is 51.7. The Morgan fingerprint density at radius 3 is 2.17 bits per heavy atom. The van der Waals surface area contributed by atoms with E-state index in [-0.39, 0.29) is 23.5 Å². The van der Waals surface area contributed by atoms with Crippen LogP contribution in [0, 0.1) is 11.8 Å². The first-order chi connectivity index (χ1) is 11.1. The number of Topliss-reactive ketones (excluding diaryl/α,β-unsaturated/α-hetero) is 2. The summed E-state index contributed by atoms with van der Waals surface area (Å²) in [6.45, 7) is 9.32. The fourth-order valence-electron chi connectivity index (χ4n) is 3.15. The van der Waals surface area contributed by atoms with E-state index in [4.69, 9.17) is 0 Å². The number of hydrogen-bond acceptors (Lipinski definition) is 4. The van der Waals surface area contributed by atoms with Crippen molar-refractivity contribution in [3.05, 3.63) is 0 Å². The van der Waals surface area contributed by atoms with Gasteiger partial charge in [0.1, 0.15) is 6.04 Å². The van der Waals surface area contributed by atoms with Crippen molar-refractivity contribution in [1.29, 1.82) is 0 Å². The van der Waals surface area contributed by atoms with Gasteiger partial charge in [-0.1, -0.05) is 27.7 Å². The molecule has 0 radical (unpaired) electrons. The lowest BCUT2D eigenvalue weighted by atomic mass is 9.92. The smallest absolute Gasteiger partial charge is 0.290 e. The lowest BCUT2D eigenvalue weighted by Gasteiger charge is -2.33. The Morgan fingerprint density at radius 1 is 1.12 bits per heavy atom. The molecule has 6 nitrogen and oxygen atoms in total. The molecule has 0 aromatic rings. The second kappa shape index (κ2) is 8.40. The minimum Gasteiger partial charge on any atom is -0.334 e. The summed E-state index contributed by atoms with van der Waals surface area (Å²) in [5, 5.41) is 0. The third-order valence-electron chi connectivity index (χ3n) is 4.51. The van der Waals surface area contributed by atoms with E-state index in [1.165, 1.54) is 16.7 Å². The largest absolute Gasteiger partial charge is 0.334 e. The molecule has 2 amide bonds. The van der Waals surface area contributed by atoms with Crippen molar-refractivity contribution < 1.29 is 19.2 Å². The zero-order valence-electron chi connectivity index (χ0n) is 15.7. The standard InChI is InChI=1S/C18H30N2O4/c1-11(2)10-15(16(22)12(3)4)19(6)18(24)14-8-7-9-20(14)17(23)13(5)21/h11-12,14-15H,7-10H2,1-6H3/t14-,15-/m0/s1. The molecule has 6 heteroatoms. The highest BCUT2D eigenvalue weighted by atomic mass is 16.2. The lowest BCUT2D eigenvalue weighted by Crippen LogP contribution is -2.53. The SMILES string of the molecule is CC(=O)C(=O)N1CCC[C@H]1C(=O)N(C)[C@@H](CC(C)C)C(=O)C(C)C. The Morgan fingerprint density at radius 2 is 1.71 bits per heavy atom. The molecule has 0 N–H and O–H groups in total. The Labute approximate surface area is 144 Å². The van der Waals surface area contributed by atoms with Crippen molar-refractivity contribution in [2.45, 2.75) is 66.0 Å². The number of hydrogen-bond donors (Lipinski definition) is 0. The number of rotatable bonds is 7. The Kier molecular flexibility index (Phi) is 7.11. The zero-order valence-corrected chi connectivity index (χ0v) is 15.7. The predicted octanol–water partition coefficient (Wildman–Crippen LogP) is 1.66. The molecule has 1 saturated heterocycles. The molecular formula is C18H30N2O4. The van der Waals surface area contributed by atoms with Gasteiger partial charge in [0.2, 0.25) is 11.7 Å². The van der Waals surface area contributed by atoms with E-state index in [2.05, 4.69) is 0 Å². The van der Waals surface area contributed by atoms with Gasteiger partial charge in [-0.05, 0) is 25.2 Å². The van der Waals surface area contributed by atoms with Crippen LogP contribution in [-0.2, 0) is 19.2 Å². The predicted molar refractivity (Wildman–Crippen MR) is 91.3 cm³/mol. The van der Waals surface area contributed by atoms with Gasteiger partial charge in [0.15, 0.2) is 5.78 Å². The molecule has 136 valence electrons. The Hall–Kier alpha value is -1.72. The third-order valence-corrected chi connectivity index (χ3v) is 4.51. The average molecular weight is 338 g/mol. The van der Waals surface area contributed by atoms with Crippen LogP contribution in [0.25, 0.3) is 0 Å². The Balaban J connectivity index is 2.98. The quantitative estimate of drug-likeness (QED) is 0.662. The molecule has 1 fully saturated rings. The number of nitrogens with zero attached hydrogens (tertiary/aromatic N) is 2. The first-order valence-electron chi connectivity index (χ1n) is 8.69. The minimum absolute atomic E-state index is 0.0296. The number of amides is 2. The fourth-order valence-corrected chi connectivity index (χ4v) is 3.15. The molecule has 0 bridgehead atoms. The van der Waals surface area contributed by atoms with Gasteiger partial charge in [-0.2, -0.15) is 0 Å². The summed E-state index contributed by atoms with van der Waals surface area (Å²) < 4.78 is 0. The molecule has 1 aliphatic rings. The van der Waals surface area contributed by atoms with Crippen LogP contribution >= 0.6 is 0 Å². The van der Waals surface area contributed by atoms with Crippen molar-refractivity contribution in [3.63, 3.8) is 0 Å². The van der Waals surface area contributed by atoms with Gasteiger partial charge < -0.3 is 9.80 Å². The van der Waals surface area contributed by atoms with Gasteiger partial charge in [0.05, 0.1) is 6.04 Å². The molecule has 1 aliphatic heterocycles. The topological polar surface area (TPSA) is 74.8 Å². The van der Waals surface area contributed by atoms with E-state index < -0.39 is 23.8 Å². The lowest BCUT2D eigenvalue weighted by molar-refractivity contribution is -0.150. The van der Waals surface area contributed by atoms with Gasteiger partial charge in [-0.25, -0.2) is 0 Å². The maximum atomic E-state index is 12.9. The van der Waals surface area contributed by atoms with Gasteiger partial charge in [0.25, 0.3) is 5.91 Å². The molecule has 24 heavy (non-hydrogen) atoms. The van der Waals surface area contributed by atoms with Gasteiger partial charge in [-0.3, -0.25) is 19.2 Å². The van der Waals surface area contributed by atoms with Crippen LogP contribution in [-0.4, -0.2) is 58.9 Å². The highest BCUT2D eigenvalue weighted by Crippen LogP contribution is 2.23. The molecular weight excluding hydrogens is 308 g/mol. The maximum absolute atomic E-state index is 12.9. The van der Waals surface area contributed by atoms with Gasteiger partial charge in [0, 0.05) is 26.4 Å². The molecule has 0 aliphatic carbocycles. The van der Waals surface area contributed by atoms with Crippen LogP contribution in [0.1, 0.15) is 53.9 Å². The maximum Gasteiger partial charge on any atom is 0.290 e. The third kappa shape index (κ3) is 4.65. The molecule has 2 atom stereocenters. The molecule has 0 saturated carbocycles.